The highest BCUT2D eigenvalue weighted by atomic mass is 16.5. The zero-order valence-electron chi connectivity index (χ0n) is 11.1. The third-order valence-corrected chi connectivity index (χ3v) is 2.75. The van der Waals surface area contributed by atoms with Gasteiger partial charge in [0.1, 0.15) is 5.75 Å². The SMILES string of the molecule is CCCN(CCC(=O)O)Cc1ccc(OC)cc1. The third-order valence-electron chi connectivity index (χ3n) is 2.75. The Bertz CT molecular complexity index is 362. The average molecular weight is 251 g/mol. The minimum atomic E-state index is -0.745. The molecule has 4 nitrogen and oxygen atoms in total. The highest BCUT2D eigenvalue weighted by Gasteiger charge is 2.07. The van der Waals surface area contributed by atoms with Crippen molar-refractivity contribution in [1.29, 1.82) is 0 Å². The molecule has 0 atom stereocenters. The fraction of sp³-hybridized carbons (Fsp3) is 0.500. The summed E-state index contributed by atoms with van der Waals surface area (Å²) in [5, 5.41) is 8.72. The van der Waals surface area contributed by atoms with Crippen molar-refractivity contribution in [2.45, 2.75) is 26.3 Å². The largest absolute Gasteiger partial charge is 0.497 e. The van der Waals surface area contributed by atoms with Gasteiger partial charge < -0.3 is 9.84 Å². The summed E-state index contributed by atoms with van der Waals surface area (Å²) in [6.45, 7) is 4.39. The zero-order chi connectivity index (χ0) is 13.4. The molecule has 0 saturated carbocycles. The topological polar surface area (TPSA) is 49.8 Å². The number of methoxy groups -OCH3 is 1. The number of hydrogen-bond acceptors (Lipinski definition) is 3. The van der Waals surface area contributed by atoms with Gasteiger partial charge in [-0.25, -0.2) is 0 Å². The lowest BCUT2D eigenvalue weighted by Gasteiger charge is -2.20. The molecule has 0 radical (unpaired) electrons. The van der Waals surface area contributed by atoms with Gasteiger partial charge >= 0.3 is 5.97 Å². The summed E-state index contributed by atoms with van der Waals surface area (Å²) in [7, 11) is 1.64. The Kier molecular flexibility index (Phi) is 6.22. The van der Waals surface area contributed by atoms with E-state index in [2.05, 4.69) is 11.8 Å². The number of aliphatic carboxylic acids is 1. The molecule has 1 aromatic rings. The average Bonchev–Trinajstić information content (AvgIpc) is 2.37. The molecule has 0 heterocycles. The predicted octanol–water partition coefficient (Wildman–Crippen LogP) is 2.38. The molecule has 0 bridgehead atoms. The highest BCUT2D eigenvalue weighted by molar-refractivity contribution is 5.66. The molecule has 0 fully saturated rings. The number of hydrogen-bond donors (Lipinski definition) is 1. The normalized spacial score (nSPS) is 10.6. The summed E-state index contributed by atoms with van der Waals surface area (Å²) in [6, 6.07) is 7.89. The van der Waals surface area contributed by atoms with Crippen molar-refractivity contribution in [1.82, 2.24) is 4.90 Å². The number of nitrogens with zero attached hydrogens (tertiary/aromatic N) is 1. The molecule has 1 aromatic carbocycles. The van der Waals surface area contributed by atoms with E-state index in [0.29, 0.717) is 6.54 Å². The minimum Gasteiger partial charge on any atom is -0.497 e. The zero-order valence-corrected chi connectivity index (χ0v) is 11.1. The first-order chi connectivity index (χ1) is 8.65. The minimum absolute atomic E-state index is 0.191. The summed E-state index contributed by atoms with van der Waals surface area (Å²) in [5.41, 5.74) is 1.18. The number of carboxylic acids is 1. The van der Waals surface area contributed by atoms with Crippen LogP contribution in [0.3, 0.4) is 0 Å². The second kappa shape index (κ2) is 7.71. The number of ether oxygens (including phenoxy) is 1. The van der Waals surface area contributed by atoms with Crippen LogP contribution in [0.2, 0.25) is 0 Å². The molecule has 18 heavy (non-hydrogen) atoms. The van der Waals surface area contributed by atoms with Gasteiger partial charge in [0.05, 0.1) is 13.5 Å². The van der Waals surface area contributed by atoms with Gasteiger partial charge in [-0.3, -0.25) is 9.69 Å². The molecule has 1 rings (SSSR count). The van der Waals surface area contributed by atoms with Gasteiger partial charge in [-0.2, -0.15) is 0 Å². The van der Waals surface area contributed by atoms with Crippen molar-refractivity contribution in [2.75, 3.05) is 20.2 Å². The van der Waals surface area contributed by atoms with Crippen molar-refractivity contribution in [2.24, 2.45) is 0 Å². The first-order valence-electron chi connectivity index (χ1n) is 6.22. The fourth-order valence-electron chi connectivity index (χ4n) is 1.83. The van der Waals surface area contributed by atoms with Gasteiger partial charge in [0.15, 0.2) is 0 Å². The van der Waals surface area contributed by atoms with E-state index >= 15 is 0 Å². The molecular weight excluding hydrogens is 230 g/mol. The van der Waals surface area contributed by atoms with Gasteiger partial charge in [0.25, 0.3) is 0 Å². The van der Waals surface area contributed by atoms with Crippen molar-refractivity contribution in [3.05, 3.63) is 29.8 Å². The molecule has 0 aliphatic rings. The van der Waals surface area contributed by atoms with Crippen LogP contribution in [-0.2, 0) is 11.3 Å². The van der Waals surface area contributed by atoms with Gasteiger partial charge in [-0.15, -0.1) is 0 Å². The van der Waals surface area contributed by atoms with Crippen LogP contribution in [0.5, 0.6) is 5.75 Å². The van der Waals surface area contributed by atoms with Crippen LogP contribution >= 0.6 is 0 Å². The molecule has 0 saturated heterocycles. The Morgan fingerprint density at radius 1 is 1.28 bits per heavy atom. The molecule has 0 aliphatic heterocycles. The lowest BCUT2D eigenvalue weighted by Crippen LogP contribution is -2.26. The first-order valence-corrected chi connectivity index (χ1v) is 6.22. The smallest absolute Gasteiger partial charge is 0.304 e. The molecule has 0 aromatic heterocycles. The van der Waals surface area contributed by atoms with E-state index in [0.717, 1.165) is 25.3 Å². The van der Waals surface area contributed by atoms with Crippen LogP contribution in [-0.4, -0.2) is 36.2 Å². The Labute approximate surface area is 108 Å². The lowest BCUT2D eigenvalue weighted by atomic mass is 10.2. The van der Waals surface area contributed by atoms with E-state index in [4.69, 9.17) is 9.84 Å². The van der Waals surface area contributed by atoms with Crippen LogP contribution < -0.4 is 4.74 Å². The van der Waals surface area contributed by atoms with Crippen LogP contribution in [0, 0.1) is 0 Å². The second-order valence-electron chi connectivity index (χ2n) is 4.27. The fourth-order valence-corrected chi connectivity index (χ4v) is 1.83. The van der Waals surface area contributed by atoms with E-state index in [1.807, 2.05) is 24.3 Å². The molecule has 4 heteroatoms. The standard InChI is InChI=1S/C14H21NO3/c1-3-9-15(10-8-14(16)17)11-12-4-6-13(18-2)7-5-12/h4-7H,3,8-11H2,1-2H3,(H,16,17). The van der Waals surface area contributed by atoms with E-state index in [9.17, 15) is 4.79 Å². The predicted molar refractivity (Wildman–Crippen MR) is 70.8 cm³/mol. The summed E-state index contributed by atoms with van der Waals surface area (Å²) in [4.78, 5) is 12.8. The van der Waals surface area contributed by atoms with Gasteiger partial charge in [-0.05, 0) is 30.7 Å². The van der Waals surface area contributed by atoms with Crippen LogP contribution in [0.1, 0.15) is 25.3 Å². The molecule has 0 spiro atoms. The van der Waals surface area contributed by atoms with Crippen molar-refractivity contribution in [3.8, 4) is 5.75 Å². The van der Waals surface area contributed by atoms with Gasteiger partial charge in [0.2, 0.25) is 0 Å². The van der Waals surface area contributed by atoms with Gasteiger partial charge in [-0.1, -0.05) is 19.1 Å². The lowest BCUT2D eigenvalue weighted by molar-refractivity contribution is -0.137. The Hall–Kier alpha value is -1.55. The molecule has 0 aliphatic carbocycles. The maximum absolute atomic E-state index is 10.6. The molecule has 100 valence electrons. The van der Waals surface area contributed by atoms with E-state index in [1.54, 1.807) is 7.11 Å². The molecule has 0 unspecified atom stereocenters. The maximum atomic E-state index is 10.6. The Morgan fingerprint density at radius 3 is 2.44 bits per heavy atom. The van der Waals surface area contributed by atoms with Crippen molar-refractivity contribution >= 4 is 5.97 Å². The Balaban J connectivity index is 2.55. The maximum Gasteiger partial charge on any atom is 0.304 e. The summed E-state index contributed by atoms with van der Waals surface area (Å²) < 4.78 is 5.11. The quantitative estimate of drug-likeness (QED) is 0.770. The van der Waals surface area contributed by atoms with E-state index in [1.165, 1.54) is 5.56 Å². The van der Waals surface area contributed by atoms with Crippen LogP contribution in [0.25, 0.3) is 0 Å². The Morgan fingerprint density at radius 2 is 1.94 bits per heavy atom. The number of carboxylic acid groups (broad SMARTS) is 1. The second-order valence-corrected chi connectivity index (χ2v) is 4.27. The third kappa shape index (κ3) is 5.19. The van der Waals surface area contributed by atoms with E-state index < -0.39 is 5.97 Å². The van der Waals surface area contributed by atoms with E-state index in [-0.39, 0.29) is 6.42 Å². The number of carbonyl (C=O) groups is 1. The highest BCUT2D eigenvalue weighted by Crippen LogP contribution is 2.13. The number of benzene rings is 1. The summed E-state index contributed by atoms with van der Waals surface area (Å²) in [5.74, 6) is 0.0946. The summed E-state index contributed by atoms with van der Waals surface area (Å²) >= 11 is 0. The van der Waals surface area contributed by atoms with Crippen molar-refractivity contribution in [3.63, 3.8) is 0 Å². The van der Waals surface area contributed by atoms with Crippen LogP contribution in [0.4, 0.5) is 0 Å². The molecule has 1 N–H and O–H groups in total. The molecular formula is C14H21NO3. The van der Waals surface area contributed by atoms with Gasteiger partial charge in [0, 0.05) is 13.1 Å². The molecule has 0 amide bonds. The van der Waals surface area contributed by atoms with Crippen molar-refractivity contribution < 1.29 is 14.6 Å². The monoisotopic (exact) mass is 251 g/mol. The van der Waals surface area contributed by atoms with Crippen LogP contribution in [0.15, 0.2) is 24.3 Å². The number of rotatable bonds is 8. The first kappa shape index (κ1) is 14.5. The summed E-state index contributed by atoms with van der Waals surface area (Å²) in [6.07, 6.45) is 1.21.